The van der Waals surface area contributed by atoms with Gasteiger partial charge in [0, 0.05) is 18.8 Å². The minimum atomic E-state index is 0.108. The topological polar surface area (TPSA) is 55.6 Å². The van der Waals surface area contributed by atoms with Crippen LogP contribution < -0.4 is 10.5 Å². The number of hydrogen-bond acceptors (Lipinski definition) is 3. The van der Waals surface area contributed by atoms with Crippen molar-refractivity contribution in [2.24, 2.45) is 5.92 Å². The van der Waals surface area contributed by atoms with Gasteiger partial charge in [0.2, 0.25) is 5.91 Å². The number of nitrogen functional groups attached to an aromatic ring is 1. The van der Waals surface area contributed by atoms with Crippen molar-refractivity contribution >= 4 is 11.6 Å². The maximum absolute atomic E-state index is 12.0. The Balaban J connectivity index is 2.36. The second kappa shape index (κ2) is 7.02. The molecule has 0 aliphatic rings. The molecule has 1 amide bonds. The summed E-state index contributed by atoms with van der Waals surface area (Å²) in [5, 5.41) is 0. The zero-order valence-corrected chi connectivity index (χ0v) is 12.2. The van der Waals surface area contributed by atoms with Gasteiger partial charge < -0.3 is 15.4 Å². The molecule has 106 valence electrons. The van der Waals surface area contributed by atoms with Crippen molar-refractivity contribution in [3.63, 3.8) is 0 Å². The van der Waals surface area contributed by atoms with Crippen molar-refractivity contribution in [3.8, 4) is 5.75 Å². The molecular weight excluding hydrogens is 240 g/mol. The molecule has 1 unspecified atom stereocenters. The van der Waals surface area contributed by atoms with Crippen LogP contribution in [-0.2, 0) is 4.79 Å². The van der Waals surface area contributed by atoms with Crippen LogP contribution in [0.4, 0.5) is 5.69 Å². The van der Waals surface area contributed by atoms with E-state index in [1.165, 1.54) is 0 Å². The van der Waals surface area contributed by atoms with Gasteiger partial charge in [0.25, 0.3) is 0 Å². The molecule has 0 fully saturated rings. The van der Waals surface area contributed by atoms with Gasteiger partial charge in [0.15, 0.2) is 0 Å². The van der Waals surface area contributed by atoms with Crippen molar-refractivity contribution in [3.05, 3.63) is 24.3 Å². The smallest absolute Gasteiger partial charge is 0.225 e. The number of nitrogens with zero attached hydrogens (tertiary/aromatic N) is 1. The van der Waals surface area contributed by atoms with E-state index in [1.54, 1.807) is 29.2 Å². The van der Waals surface area contributed by atoms with E-state index in [4.69, 9.17) is 10.5 Å². The SMILES string of the molecule is CC(C)C(C)N(C)C(=O)CCOc1ccc(N)cc1. The first-order chi connectivity index (χ1) is 8.91. The quantitative estimate of drug-likeness (QED) is 0.803. The normalized spacial score (nSPS) is 12.3. The summed E-state index contributed by atoms with van der Waals surface area (Å²) in [6.07, 6.45) is 0.387. The molecule has 0 aliphatic heterocycles. The highest BCUT2D eigenvalue weighted by atomic mass is 16.5. The van der Waals surface area contributed by atoms with Crippen molar-refractivity contribution in [1.82, 2.24) is 4.90 Å². The van der Waals surface area contributed by atoms with Crippen LogP contribution >= 0.6 is 0 Å². The Kier molecular flexibility index (Phi) is 5.67. The first kappa shape index (κ1) is 15.3. The number of amides is 1. The highest BCUT2D eigenvalue weighted by molar-refractivity contribution is 5.76. The fourth-order valence-corrected chi connectivity index (χ4v) is 1.67. The van der Waals surface area contributed by atoms with Crippen LogP contribution in [0.15, 0.2) is 24.3 Å². The third kappa shape index (κ3) is 4.81. The lowest BCUT2D eigenvalue weighted by molar-refractivity contribution is -0.132. The van der Waals surface area contributed by atoms with Gasteiger partial charge in [0.1, 0.15) is 5.75 Å². The number of hydrogen-bond donors (Lipinski definition) is 1. The van der Waals surface area contributed by atoms with E-state index in [9.17, 15) is 4.79 Å². The van der Waals surface area contributed by atoms with E-state index in [0.29, 0.717) is 24.6 Å². The van der Waals surface area contributed by atoms with E-state index >= 15 is 0 Å². The average Bonchev–Trinajstić information content (AvgIpc) is 2.39. The second-order valence-electron chi connectivity index (χ2n) is 5.16. The number of rotatable bonds is 6. The molecule has 4 heteroatoms. The van der Waals surface area contributed by atoms with Crippen molar-refractivity contribution in [2.75, 3.05) is 19.4 Å². The zero-order chi connectivity index (χ0) is 14.4. The van der Waals surface area contributed by atoms with Gasteiger partial charge in [-0.15, -0.1) is 0 Å². The summed E-state index contributed by atoms with van der Waals surface area (Å²) in [4.78, 5) is 13.7. The number of carbonyl (C=O) groups excluding carboxylic acids is 1. The minimum absolute atomic E-state index is 0.108. The molecule has 2 N–H and O–H groups in total. The largest absolute Gasteiger partial charge is 0.493 e. The lowest BCUT2D eigenvalue weighted by Crippen LogP contribution is -2.38. The molecule has 0 saturated carbocycles. The molecule has 0 bridgehead atoms. The molecule has 0 heterocycles. The van der Waals surface area contributed by atoms with Gasteiger partial charge in [-0.3, -0.25) is 4.79 Å². The molecule has 1 aromatic rings. The van der Waals surface area contributed by atoms with Crippen LogP contribution in [0.3, 0.4) is 0 Å². The molecule has 0 saturated heterocycles. The van der Waals surface area contributed by atoms with Crippen LogP contribution in [0, 0.1) is 5.92 Å². The Morgan fingerprint density at radius 2 is 1.84 bits per heavy atom. The Bertz CT molecular complexity index is 401. The first-order valence-electron chi connectivity index (χ1n) is 6.65. The highest BCUT2D eigenvalue weighted by Crippen LogP contribution is 2.14. The fraction of sp³-hybridized carbons (Fsp3) is 0.533. The first-order valence-corrected chi connectivity index (χ1v) is 6.65. The summed E-state index contributed by atoms with van der Waals surface area (Å²) < 4.78 is 5.52. The summed E-state index contributed by atoms with van der Waals surface area (Å²) in [5.74, 6) is 1.30. The van der Waals surface area contributed by atoms with E-state index in [-0.39, 0.29) is 11.9 Å². The van der Waals surface area contributed by atoms with Crippen molar-refractivity contribution < 1.29 is 9.53 Å². The van der Waals surface area contributed by atoms with Crippen LogP contribution in [0.25, 0.3) is 0 Å². The van der Waals surface area contributed by atoms with Gasteiger partial charge in [-0.1, -0.05) is 13.8 Å². The van der Waals surface area contributed by atoms with E-state index in [0.717, 1.165) is 5.75 Å². The van der Waals surface area contributed by atoms with Gasteiger partial charge in [-0.25, -0.2) is 0 Å². The summed E-state index contributed by atoms with van der Waals surface area (Å²) in [5.41, 5.74) is 6.29. The third-order valence-electron chi connectivity index (χ3n) is 3.43. The number of benzene rings is 1. The number of ether oxygens (including phenoxy) is 1. The van der Waals surface area contributed by atoms with Crippen LogP contribution in [0.1, 0.15) is 27.2 Å². The summed E-state index contributed by atoms with van der Waals surface area (Å²) in [7, 11) is 1.84. The molecule has 4 nitrogen and oxygen atoms in total. The average molecular weight is 264 g/mol. The van der Waals surface area contributed by atoms with E-state index in [1.807, 2.05) is 7.05 Å². The molecule has 1 rings (SSSR count). The molecule has 0 spiro atoms. The Morgan fingerprint density at radius 3 is 2.37 bits per heavy atom. The van der Waals surface area contributed by atoms with Crippen LogP contribution in [0.2, 0.25) is 0 Å². The van der Waals surface area contributed by atoms with Crippen LogP contribution in [-0.4, -0.2) is 30.5 Å². The van der Waals surface area contributed by atoms with Crippen molar-refractivity contribution in [1.29, 1.82) is 0 Å². The summed E-state index contributed by atoms with van der Waals surface area (Å²) in [6.45, 7) is 6.67. The molecule has 0 aliphatic carbocycles. The van der Waals surface area contributed by atoms with E-state index < -0.39 is 0 Å². The fourth-order valence-electron chi connectivity index (χ4n) is 1.67. The van der Waals surface area contributed by atoms with Crippen molar-refractivity contribution in [2.45, 2.75) is 33.2 Å². The van der Waals surface area contributed by atoms with Gasteiger partial charge in [-0.05, 0) is 37.1 Å². The molecule has 19 heavy (non-hydrogen) atoms. The summed E-state index contributed by atoms with van der Waals surface area (Å²) >= 11 is 0. The lowest BCUT2D eigenvalue weighted by Gasteiger charge is -2.28. The lowest BCUT2D eigenvalue weighted by atomic mass is 10.1. The van der Waals surface area contributed by atoms with Gasteiger partial charge >= 0.3 is 0 Å². The highest BCUT2D eigenvalue weighted by Gasteiger charge is 2.18. The molecule has 0 radical (unpaired) electrons. The second-order valence-corrected chi connectivity index (χ2v) is 5.16. The monoisotopic (exact) mass is 264 g/mol. The maximum Gasteiger partial charge on any atom is 0.225 e. The molecule has 0 aromatic heterocycles. The number of anilines is 1. The summed E-state index contributed by atoms with van der Waals surface area (Å²) in [6, 6.07) is 7.42. The van der Waals surface area contributed by atoms with Gasteiger partial charge in [-0.2, -0.15) is 0 Å². The molecular formula is C15H24N2O2. The Labute approximate surface area is 115 Å². The maximum atomic E-state index is 12.0. The standard InChI is InChI=1S/C15H24N2O2/c1-11(2)12(3)17(4)15(18)9-10-19-14-7-5-13(16)6-8-14/h5-8,11-12H,9-10,16H2,1-4H3. The predicted octanol–water partition coefficient (Wildman–Crippen LogP) is 2.54. The Morgan fingerprint density at radius 1 is 1.26 bits per heavy atom. The number of nitrogens with two attached hydrogens (primary N) is 1. The van der Waals surface area contributed by atoms with Crippen LogP contribution in [0.5, 0.6) is 5.75 Å². The van der Waals surface area contributed by atoms with Gasteiger partial charge in [0.05, 0.1) is 13.0 Å². The molecule has 1 aromatic carbocycles. The van der Waals surface area contributed by atoms with E-state index in [2.05, 4.69) is 20.8 Å². The number of carbonyl (C=O) groups is 1. The Hall–Kier alpha value is -1.71. The minimum Gasteiger partial charge on any atom is -0.493 e. The molecule has 1 atom stereocenters. The zero-order valence-electron chi connectivity index (χ0n) is 12.2. The predicted molar refractivity (Wildman–Crippen MR) is 78.0 cm³/mol. The third-order valence-corrected chi connectivity index (χ3v) is 3.43.